The van der Waals surface area contributed by atoms with Crippen molar-refractivity contribution in [2.24, 2.45) is 5.73 Å². The average molecular weight is 281 g/mol. The summed E-state index contributed by atoms with van der Waals surface area (Å²) < 4.78 is 7.77. The Morgan fingerprint density at radius 1 is 1.32 bits per heavy atom. The van der Waals surface area contributed by atoms with Gasteiger partial charge in [-0.25, -0.2) is 0 Å². The molecule has 0 fully saturated rings. The van der Waals surface area contributed by atoms with E-state index in [2.05, 4.69) is 23.8 Å². The minimum atomic E-state index is 0.661. The van der Waals surface area contributed by atoms with Crippen molar-refractivity contribution in [3.05, 3.63) is 35.0 Å². The van der Waals surface area contributed by atoms with Crippen molar-refractivity contribution in [1.29, 1.82) is 0 Å². The molecule has 0 unspecified atom stereocenters. The van der Waals surface area contributed by atoms with Crippen molar-refractivity contribution >= 4 is 22.5 Å². The molecule has 0 saturated carbocycles. The third kappa shape index (κ3) is 3.50. The first-order valence-electron chi connectivity index (χ1n) is 6.81. The maximum absolute atomic E-state index is 6.09. The summed E-state index contributed by atoms with van der Waals surface area (Å²) in [5.41, 5.74) is 8.12. The molecule has 0 atom stereocenters. The lowest BCUT2D eigenvalue weighted by Crippen LogP contribution is -2.06. The predicted molar refractivity (Wildman–Crippen MR) is 80.8 cm³/mol. The van der Waals surface area contributed by atoms with Gasteiger partial charge in [0, 0.05) is 35.3 Å². The van der Waals surface area contributed by atoms with Gasteiger partial charge in [-0.15, -0.1) is 0 Å². The fraction of sp³-hybridized carbons (Fsp3) is 0.467. The van der Waals surface area contributed by atoms with E-state index in [9.17, 15) is 0 Å². The number of hydrogen-bond acceptors (Lipinski definition) is 2. The van der Waals surface area contributed by atoms with E-state index in [0.29, 0.717) is 6.54 Å². The van der Waals surface area contributed by atoms with Crippen LogP contribution in [0.5, 0.6) is 0 Å². The van der Waals surface area contributed by atoms with Crippen molar-refractivity contribution in [2.75, 3.05) is 19.8 Å². The Balaban J connectivity index is 2.23. The molecule has 104 valence electrons. The maximum atomic E-state index is 6.09. The van der Waals surface area contributed by atoms with Gasteiger partial charge >= 0.3 is 0 Å². The Bertz CT molecular complexity index is 536. The highest BCUT2D eigenvalue weighted by Gasteiger charge is 2.08. The van der Waals surface area contributed by atoms with Gasteiger partial charge in [-0.1, -0.05) is 24.6 Å². The van der Waals surface area contributed by atoms with Crippen LogP contribution in [0.2, 0.25) is 5.02 Å². The van der Waals surface area contributed by atoms with Gasteiger partial charge < -0.3 is 15.0 Å². The standard InChI is InChI=1S/C15H21ClN2O/c1-2-8-19-9-7-18-11-12(5-6-17)14-4-3-13(16)10-15(14)18/h3-4,10-11H,2,5-9,17H2,1H3. The minimum Gasteiger partial charge on any atom is -0.380 e. The van der Waals surface area contributed by atoms with E-state index in [1.165, 1.54) is 10.9 Å². The van der Waals surface area contributed by atoms with Crippen molar-refractivity contribution in [1.82, 2.24) is 4.57 Å². The fourth-order valence-electron chi connectivity index (χ4n) is 2.29. The van der Waals surface area contributed by atoms with Crippen LogP contribution in [0.15, 0.2) is 24.4 Å². The van der Waals surface area contributed by atoms with Crippen LogP contribution in [0.3, 0.4) is 0 Å². The number of nitrogens with zero attached hydrogens (tertiary/aromatic N) is 1. The Morgan fingerprint density at radius 2 is 2.16 bits per heavy atom. The molecular weight excluding hydrogens is 260 g/mol. The van der Waals surface area contributed by atoms with Gasteiger partial charge in [0.1, 0.15) is 0 Å². The Morgan fingerprint density at radius 3 is 2.89 bits per heavy atom. The summed E-state index contributed by atoms with van der Waals surface area (Å²) >= 11 is 6.09. The molecule has 0 bridgehead atoms. The Hall–Kier alpha value is -1.03. The minimum absolute atomic E-state index is 0.661. The van der Waals surface area contributed by atoms with Gasteiger partial charge in [0.15, 0.2) is 0 Å². The van der Waals surface area contributed by atoms with Crippen LogP contribution in [0.25, 0.3) is 10.9 Å². The van der Waals surface area contributed by atoms with Crippen molar-refractivity contribution in [2.45, 2.75) is 26.3 Å². The predicted octanol–water partition coefficient (Wildman–Crippen LogP) is 3.22. The maximum Gasteiger partial charge on any atom is 0.0645 e. The van der Waals surface area contributed by atoms with Gasteiger partial charge in [0.05, 0.1) is 6.61 Å². The largest absolute Gasteiger partial charge is 0.380 e. The molecule has 0 aliphatic rings. The SMILES string of the molecule is CCCOCCn1cc(CCN)c2ccc(Cl)cc21. The Kier molecular flexibility index (Phi) is 5.25. The van der Waals surface area contributed by atoms with Gasteiger partial charge in [0.2, 0.25) is 0 Å². The monoisotopic (exact) mass is 280 g/mol. The summed E-state index contributed by atoms with van der Waals surface area (Å²) in [4.78, 5) is 0. The highest BCUT2D eigenvalue weighted by atomic mass is 35.5. The smallest absolute Gasteiger partial charge is 0.0645 e. The molecule has 19 heavy (non-hydrogen) atoms. The molecule has 1 aromatic heterocycles. The van der Waals surface area contributed by atoms with E-state index in [0.717, 1.165) is 43.1 Å². The number of nitrogens with two attached hydrogens (primary N) is 1. The molecule has 1 aromatic carbocycles. The number of benzene rings is 1. The van der Waals surface area contributed by atoms with Gasteiger partial charge in [0.25, 0.3) is 0 Å². The zero-order chi connectivity index (χ0) is 13.7. The van der Waals surface area contributed by atoms with Crippen LogP contribution in [0, 0.1) is 0 Å². The van der Waals surface area contributed by atoms with Crippen LogP contribution in [-0.4, -0.2) is 24.3 Å². The van der Waals surface area contributed by atoms with E-state index in [1.54, 1.807) is 0 Å². The molecule has 2 rings (SSSR count). The molecule has 2 aromatic rings. The number of rotatable bonds is 7. The normalized spacial score (nSPS) is 11.3. The number of aromatic nitrogens is 1. The lowest BCUT2D eigenvalue weighted by Gasteiger charge is -2.06. The quantitative estimate of drug-likeness (QED) is 0.791. The molecular formula is C15H21ClN2O. The van der Waals surface area contributed by atoms with Crippen LogP contribution in [0.4, 0.5) is 0 Å². The molecule has 0 radical (unpaired) electrons. The first-order valence-corrected chi connectivity index (χ1v) is 7.19. The second-order valence-electron chi connectivity index (χ2n) is 4.66. The van der Waals surface area contributed by atoms with Crippen molar-refractivity contribution < 1.29 is 4.74 Å². The summed E-state index contributed by atoms with van der Waals surface area (Å²) in [6.07, 6.45) is 4.11. The van der Waals surface area contributed by atoms with Crippen LogP contribution in [0.1, 0.15) is 18.9 Å². The lowest BCUT2D eigenvalue weighted by molar-refractivity contribution is 0.127. The van der Waals surface area contributed by atoms with E-state index in [4.69, 9.17) is 22.1 Å². The topological polar surface area (TPSA) is 40.2 Å². The molecule has 0 aliphatic heterocycles. The van der Waals surface area contributed by atoms with Gasteiger partial charge in [-0.3, -0.25) is 0 Å². The molecule has 3 nitrogen and oxygen atoms in total. The molecule has 4 heteroatoms. The van der Waals surface area contributed by atoms with E-state index >= 15 is 0 Å². The van der Waals surface area contributed by atoms with E-state index in [-0.39, 0.29) is 0 Å². The first-order chi connectivity index (χ1) is 9.26. The Labute approximate surface area is 119 Å². The highest BCUT2D eigenvalue weighted by Crippen LogP contribution is 2.25. The van der Waals surface area contributed by atoms with Gasteiger partial charge in [-0.2, -0.15) is 0 Å². The molecule has 0 saturated heterocycles. The van der Waals surface area contributed by atoms with Crippen LogP contribution < -0.4 is 5.73 Å². The van der Waals surface area contributed by atoms with E-state index < -0.39 is 0 Å². The van der Waals surface area contributed by atoms with Gasteiger partial charge in [-0.05, 0) is 37.1 Å². The second kappa shape index (κ2) is 6.94. The first kappa shape index (κ1) is 14.4. The van der Waals surface area contributed by atoms with Crippen molar-refractivity contribution in [3.8, 4) is 0 Å². The zero-order valence-electron chi connectivity index (χ0n) is 11.4. The fourth-order valence-corrected chi connectivity index (χ4v) is 2.46. The van der Waals surface area contributed by atoms with Crippen LogP contribution >= 0.6 is 11.6 Å². The number of hydrogen-bond donors (Lipinski definition) is 1. The van der Waals surface area contributed by atoms with E-state index in [1.807, 2.05) is 12.1 Å². The summed E-state index contributed by atoms with van der Waals surface area (Å²) in [5.74, 6) is 0. The summed E-state index contributed by atoms with van der Waals surface area (Å²) in [7, 11) is 0. The third-order valence-electron chi connectivity index (χ3n) is 3.17. The summed E-state index contributed by atoms with van der Waals surface area (Å²) in [5, 5.41) is 2.01. The lowest BCUT2D eigenvalue weighted by atomic mass is 10.1. The summed E-state index contributed by atoms with van der Waals surface area (Å²) in [6.45, 7) is 5.17. The molecule has 0 spiro atoms. The van der Waals surface area contributed by atoms with Crippen LogP contribution in [-0.2, 0) is 17.7 Å². The third-order valence-corrected chi connectivity index (χ3v) is 3.40. The molecule has 0 amide bonds. The zero-order valence-corrected chi connectivity index (χ0v) is 12.1. The molecule has 0 aliphatic carbocycles. The number of fused-ring (bicyclic) bond motifs is 1. The highest BCUT2D eigenvalue weighted by molar-refractivity contribution is 6.31. The second-order valence-corrected chi connectivity index (χ2v) is 5.10. The molecule has 2 N–H and O–H groups in total. The van der Waals surface area contributed by atoms with Crippen molar-refractivity contribution in [3.63, 3.8) is 0 Å². The number of halogens is 1. The number of ether oxygens (including phenoxy) is 1. The molecule has 1 heterocycles. The summed E-state index contributed by atoms with van der Waals surface area (Å²) in [6, 6.07) is 6.02. The average Bonchev–Trinajstić information content (AvgIpc) is 2.73.